The molecule has 1 unspecified atom stereocenters. The van der Waals surface area contributed by atoms with Crippen LogP contribution in [0, 0.1) is 0 Å². The van der Waals surface area contributed by atoms with Crippen LogP contribution in [0.4, 0.5) is 10.5 Å². The molecule has 0 radical (unpaired) electrons. The number of ether oxygens (including phenoxy) is 3. The number of pyridine rings is 1. The van der Waals surface area contributed by atoms with Gasteiger partial charge in [-0.1, -0.05) is 23.7 Å². The maximum atomic E-state index is 12.4. The molecule has 1 aromatic heterocycles. The molecule has 1 aliphatic heterocycles. The van der Waals surface area contributed by atoms with Crippen LogP contribution < -0.4 is 10.1 Å². The average Bonchev–Trinajstić information content (AvgIpc) is 2.71. The van der Waals surface area contributed by atoms with Gasteiger partial charge in [0.15, 0.2) is 0 Å². The highest BCUT2D eigenvalue weighted by atomic mass is 35.5. The van der Waals surface area contributed by atoms with Gasteiger partial charge in [-0.3, -0.25) is 0 Å². The van der Waals surface area contributed by atoms with Crippen molar-refractivity contribution >= 4 is 23.4 Å². The molecule has 0 saturated carbocycles. The first-order valence-electron chi connectivity index (χ1n) is 9.88. The summed E-state index contributed by atoms with van der Waals surface area (Å²) in [4.78, 5) is 18.3. The highest BCUT2D eigenvalue weighted by Crippen LogP contribution is 2.30. The second-order valence-corrected chi connectivity index (χ2v) is 8.47. The number of nitrogens with one attached hydrogen (secondary N) is 1. The number of morpholine rings is 1. The molecule has 1 amide bonds. The van der Waals surface area contributed by atoms with Crippen molar-refractivity contribution in [2.24, 2.45) is 0 Å². The van der Waals surface area contributed by atoms with Crippen molar-refractivity contribution < 1.29 is 19.0 Å². The number of amides is 1. The molecule has 1 N–H and O–H groups in total. The molecule has 2 aromatic rings. The van der Waals surface area contributed by atoms with Crippen LogP contribution in [0.2, 0.25) is 5.15 Å². The number of benzene rings is 1. The molecule has 1 aromatic carbocycles. The number of aromatic nitrogens is 1. The quantitative estimate of drug-likeness (QED) is 0.702. The van der Waals surface area contributed by atoms with Gasteiger partial charge in [0.05, 0.1) is 26.4 Å². The van der Waals surface area contributed by atoms with Crippen molar-refractivity contribution in [2.75, 3.05) is 38.7 Å². The number of hydrogen-bond acceptors (Lipinski definition) is 6. The van der Waals surface area contributed by atoms with Crippen molar-refractivity contribution in [1.82, 2.24) is 9.88 Å². The van der Waals surface area contributed by atoms with E-state index in [2.05, 4.69) is 10.3 Å². The molecule has 1 atom stereocenters. The minimum atomic E-state index is -0.524. The number of hydrogen-bond donors (Lipinski definition) is 1. The van der Waals surface area contributed by atoms with E-state index in [1.807, 2.05) is 45.0 Å². The summed E-state index contributed by atoms with van der Waals surface area (Å²) in [6, 6.07) is 9.52. The normalized spacial score (nSPS) is 16.8. The molecule has 3 rings (SSSR count). The minimum absolute atomic E-state index is 0.165. The Kier molecular flexibility index (Phi) is 7.05. The van der Waals surface area contributed by atoms with E-state index in [4.69, 9.17) is 25.8 Å². The molecular weight excluding hydrogens is 406 g/mol. The maximum absolute atomic E-state index is 12.4. The van der Waals surface area contributed by atoms with Crippen LogP contribution in [-0.2, 0) is 9.47 Å². The number of halogens is 1. The minimum Gasteiger partial charge on any atom is -0.497 e. The summed E-state index contributed by atoms with van der Waals surface area (Å²) in [6.45, 7) is 7.54. The largest absolute Gasteiger partial charge is 0.497 e. The van der Waals surface area contributed by atoms with Gasteiger partial charge in [-0.05, 0) is 44.5 Å². The summed E-state index contributed by atoms with van der Waals surface area (Å²) >= 11 is 6.13. The van der Waals surface area contributed by atoms with Gasteiger partial charge in [0.1, 0.15) is 16.5 Å². The predicted molar refractivity (Wildman–Crippen MR) is 117 cm³/mol. The second kappa shape index (κ2) is 9.53. The van der Waals surface area contributed by atoms with Crippen LogP contribution in [0.1, 0.15) is 20.8 Å². The zero-order chi connectivity index (χ0) is 21.7. The van der Waals surface area contributed by atoms with E-state index in [-0.39, 0.29) is 12.2 Å². The van der Waals surface area contributed by atoms with Crippen LogP contribution in [0.5, 0.6) is 5.75 Å². The summed E-state index contributed by atoms with van der Waals surface area (Å²) in [6.07, 6.45) is 1.25. The molecule has 162 valence electrons. The summed E-state index contributed by atoms with van der Waals surface area (Å²) in [7, 11) is 1.64. The van der Waals surface area contributed by atoms with Gasteiger partial charge in [-0.25, -0.2) is 9.78 Å². The summed E-state index contributed by atoms with van der Waals surface area (Å²) in [5.74, 6) is 0.785. The molecule has 8 heteroatoms. The van der Waals surface area contributed by atoms with Gasteiger partial charge in [0.2, 0.25) is 0 Å². The molecular formula is C22H28ClN3O4. The second-order valence-electron chi connectivity index (χ2n) is 8.08. The molecule has 0 spiro atoms. The third-order valence-electron chi connectivity index (χ3n) is 4.58. The lowest BCUT2D eigenvalue weighted by Crippen LogP contribution is -2.49. The Hall–Kier alpha value is -2.51. The SMILES string of the molecule is COc1ccc(-c2cnc(Cl)cc2NCC2CN(C(=O)OC(C)(C)C)CCO2)cc1. The molecule has 0 bridgehead atoms. The summed E-state index contributed by atoms with van der Waals surface area (Å²) < 4.78 is 16.5. The summed E-state index contributed by atoms with van der Waals surface area (Å²) in [5.41, 5.74) is 2.23. The van der Waals surface area contributed by atoms with E-state index in [1.165, 1.54) is 0 Å². The molecule has 30 heavy (non-hydrogen) atoms. The molecule has 1 fully saturated rings. The number of nitrogens with zero attached hydrogens (tertiary/aromatic N) is 2. The van der Waals surface area contributed by atoms with Crippen molar-refractivity contribution in [2.45, 2.75) is 32.5 Å². The fourth-order valence-electron chi connectivity index (χ4n) is 3.14. The fraction of sp³-hybridized carbons (Fsp3) is 0.455. The first-order chi connectivity index (χ1) is 14.2. The molecule has 7 nitrogen and oxygen atoms in total. The Morgan fingerprint density at radius 1 is 1.33 bits per heavy atom. The number of carbonyl (C=O) groups excluding carboxylic acids is 1. The van der Waals surface area contributed by atoms with Crippen LogP contribution in [-0.4, -0.2) is 61.0 Å². The van der Waals surface area contributed by atoms with Gasteiger partial charge < -0.3 is 24.4 Å². The molecule has 0 aliphatic carbocycles. The Morgan fingerprint density at radius 2 is 2.07 bits per heavy atom. The van der Waals surface area contributed by atoms with Crippen LogP contribution in [0.15, 0.2) is 36.5 Å². The van der Waals surface area contributed by atoms with E-state index in [1.54, 1.807) is 24.3 Å². The lowest BCUT2D eigenvalue weighted by Gasteiger charge is -2.34. The highest BCUT2D eigenvalue weighted by molar-refractivity contribution is 6.29. The Bertz CT molecular complexity index is 868. The summed E-state index contributed by atoms with van der Waals surface area (Å²) in [5, 5.41) is 3.80. The monoisotopic (exact) mass is 433 g/mol. The molecule has 2 heterocycles. The first-order valence-corrected chi connectivity index (χ1v) is 10.3. The fourth-order valence-corrected chi connectivity index (χ4v) is 3.29. The number of anilines is 1. The van der Waals surface area contributed by atoms with E-state index in [0.29, 0.717) is 31.4 Å². The topological polar surface area (TPSA) is 72.9 Å². The van der Waals surface area contributed by atoms with Crippen LogP contribution in [0.3, 0.4) is 0 Å². The van der Waals surface area contributed by atoms with Gasteiger partial charge in [-0.15, -0.1) is 0 Å². The van der Waals surface area contributed by atoms with Crippen molar-refractivity contribution in [3.63, 3.8) is 0 Å². The first kappa shape index (κ1) is 22.2. The zero-order valence-electron chi connectivity index (χ0n) is 17.8. The van der Waals surface area contributed by atoms with E-state index in [9.17, 15) is 4.79 Å². The van der Waals surface area contributed by atoms with Crippen LogP contribution in [0.25, 0.3) is 11.1 Å². The Morgan fingerprint density at radius 3 is 2.73 bits per heavy atom. The van der Waals surface area contributed by atoms with Crippen LogP contribution >= 0.6 is 11.6 Å². The van der Waals surface area contributed by atoms with E-state index in [0.717, 1.165) is 22.6 Å². The highest BCUT2D eigenvalue weighted by Gasteiger charge is 2.28. The number of rotatable bonds is 5. The Labute approximate surface area is 182 Å². The van der Waals surface area contributed by atoms with Crippen molar-refractivity contribution in [3.8, 4) is 16.9 Å². The average molecular weight is 434 g/mol. The van der Waals surface area contributed by atoms with Gasteiger partial charge in [0.25, 0.3) is 0 Å². The lowest BCUT2D eigenvalue weighted by molar-refractivity contribution is -0.0371. The zero-order valence-corrected chi connectivity index (χ0v) is 18.5. The molecule has 1 aliphatic rings. The van der Waals surface area contributed by atoms with E-state index >= 15 is 0 Å². The van der Waals surface area contributed by atoms with Gasteiger partial charge in [-0.2, -0.15) is 0 Å². The Balaban J connectivity index is 1.67. The van der Waals surface area contributed by atoms with E-state index < -0.39 is 5.60 Å². The maximum Gasteiger partial charge on any atom is 0.410 e. The number of methoxy groups -OCH3 is 1. The molecule has 1 saturated heterocycles. The lowest BCUT2D eigenvalue weighted by atomic mass is 10.1. The third kappa shape index (κ3) is 6.00. The standard InChI is InChI=1S/C22H28ClN3O4/c1-22(2,3)30-21(27)26-9-10-29-17(14-26)12-24-19-11-20(23)25-13-18(19)15-5-7-16(28-4)8-6-15/h5-8,11,13,17H,9-10,12,14H2,1-4H3,(H,24,25). The van der Waals surface area contributed by atoms with Gasteiger partial charge in [0, 0.05) is 30.5 Å². The number of carbonyl (C=O) groups is 1. The smallest absolute Gasteiger partial charge is 0.410 e. The van der Waals surface area contributed by atoms with Gasteiger partial charge >= 0.3 is 6.09 Å². The van der Waals surface area contributed by atoms with Crippen molar-refractivity contribution in [3.05, 3.63) is 41.7 Å². The third-order valence-corrected chi connectivity index (χ3v) is 4.79. The predicted octanol–water partition coefficient (Wildman–Crippen LogP) is 4.46. The van der Waals surface area contributed by atoms with Crippen molar-refractivity contribution in [1.29, 1.82) is 0 Å².